The van der Waals surface area contributed by atoms with E-state index in [1.54, 1.807) is 12.1 Å². The fourth-order valence-corrected chi connectivity index (χ4v) is 3.08. The molecule has 0 unspecified atom stereocenters. The molecule has 3 rings (SSSR count). The van der Waals surface area contributed by atoms with Gasteiger partial charge in [-0.05, 0) is 18.2 Å². The van der Waals surface area contributed by atoms with Crippen molar-refractivity contribution < 1.29 is 23.0 Å². The highest BCUT2D eigenvalue weighted by Crippen LogP contribution is 2.35. The molecular weight excluding hydrogens is 489 g/mol. The van der Waals surface area contributed by atoms with Gasteiger partial charge in [-0.2, -0.15) is 0 Å². The largest absolute Gasteiger partial charge is 0.489 e. The first kappa shape index (κ1) is 24.2. The van der Waals surface area contributed by atoms with Gasteiger partial charge in [0.15, 0.2) is 0 Å². The van der Waals surface area contributed by atoms with Crippen molar-refractivity contribution in [3.05, 3.63) is 46.5 Å². The first-order valence-corrected chi connectivity index (χ1v) is 10.5. The molecule has 0 fully saturated rings. The molecule has 2 aromatic carbocycles. The van der Waals surface area contributed by atoms with Crippen LogP contribution in [0.4, 0.5) is 26.0 Å². The fraction of sp³-hybridized carbons (Fsp3) is 0.250. The Morgan fingerprint density at radius 1 is 1.03 bits per heavy atom. The van der Waals surface area contributed by atoms with Crippen molar-refractivity contribution in [3.63, 3.8) is 0 Å². The van der Waals surface area contributed by atoms with Gasteiger partial charge in [-0.25, -0.2) is 18.7 Å². The topological polar surface area (TPSA) is 85.4 Å². The number of ether oxygens (including phenoxy) is 2. The molecule has 2 N–H and O–H groups in total. The van der Waals surface area contributed by atoms with Crippen molar-refractivity contribution in [2.24, 2.45) is 0 Å². The van der Waals surface area contributed by atoms with Crippen LogP contribution >= 0.6 is 34.8 Å². The standard InChI is InChI=1S/C20H17Cl3F2N4O3/c21-9-19(30)28-17-5-11-15(8-18(17)32-4-3-31-2-1-24)26-10-27-20(11)29-16-7-13(23)12(22)6-14(16)25/h5-8,10H,1-4,9H2,(H,28,30)(H,26,27,29). The number of amides is 1. The molecule has 0 radical (unpaired) electrons. The molecule has 0 aliphatic rings. The summed E-state index contributed by atoms with van der Waals surface area (Å²) in [7, 11) is 0. The molecule has 1 heterocycles. The minimum absolute atomic E-state index is 0.0373. The van der Waals surface area contributed by atoms with E-state index < -0.39 is 18.4 Å². The molecule has 0 bridgehead atoms. The molecule has 1 amide bonds. The van der Waals surface area contributed by atoms with Gasteiger partial charge < -0.3 is 20.1 Å². The molecule has 12 heteroatoms. The van der Waals surface area contributed by atoms with Gasteiger partial charge in [0.05, 0.1) is 40.2 Å². The molecule has 0 saturated heterocycles. The van der Waals surface area contributed by atoms with Crippen molar-refractivity contribution in [1.29, 1.82) is 0 Å². The maximum atomic E-state index is 14.3. The van der Waals surface area contributed by atoms with Crippen LogP contribution in [0.15, 0.2) is 30.6 Å². The lowest BCUT2D eigenvalue weighted by Crippen LogP contribution is -2.15. The Kier molecular flexibility index (Phi) is 8.63. The number of carbonyl (C=O) groups excluding carboxylic acids is 1. The molecule has 3 aromatic rings. The van der Waals surface area contributed by atoms with Crippen LogP contribution in [0, 0.1) is 5.82 Å². The number of carbonyl (C=O) groups is 1. The van der Waals surface area contributed by atoms with Crippen LogP contribution in [0.5, 0.6) is 5.75 Å². The summed E-state index contributed by atoms with van der Waals surface area (Å²) in [5.41, 5.74) is 0.795. The number of nitrogens with zero attached hydrogens (tertiary/aromatic N) is 2. The van der Waals surface area contributed by atoms with Crippen LogP contribution in [-0.4, -0.2) is 48.3 Å². The van der Waals surface area contributed by atoms with Crippen LogP contribution in [-0.2, 0) is 9.53 Å². The van der Waals surface area contributed by atoms with Crippen LogP contribution in [0.2, 0.25) is 10.0 Å². The average molecular weight is 506 g/mol. The number of anilines is 3. The van der Waals surface area contributed by atoms with E-state index in [1.807, 2.05) is 0 Å². The van der Waals surface area contributed by atoms with Gasteiger partial charge in [-0.1, -0.05) is 23.2 Å². The SMILES string of the molecule is O=C(CCl)Nc1cc2c(Nc3cc(Cl)c(Cl)cc3F)ncnc2cc1OCCOCCF. The maximum absolute atomic E-state index is 14.3. The van der Waals surface area contributed by atoms with E-state index in [4.69, 9.17) is 44.3 Å². The normalized spacial score (nSPS) is 10.9. The Morgan fingerprint density at radius 2 is 1.81 bits per heavy atom. The summed E-state index contributed by atoms with van der Waals surface area (Å²) in [6, 6.07) is 5.55. The molecular formula is C20H17Cl3F2N4O3. The zero-order valence-corrected chi connectivity index (χ0v) is 18.7. The molecule has 32 heavy (non-hydrogen) atoms. The predicted molar refractivity (Wildman–Crippen MR) is 121 cm³/mol. The lowest BCUT2D eigenvalue weighted by molar-refractivity contribution is -0.113. The van der Waals surface area contributed by atoms with Crippen molar-refractivity contribution in [2.45, 2.75) is 0 Å². The molecule has 0 spiro atoms. The first-order chi connectivity index (χ1) is 15.4. The number of aromatic nitrogens is 2. The number of halogens is 5. The van der Waals surface area contributed by atoms with E-state index in [0.717, 1.165) is 6.07 Å². The second kappa shape index (κ2) is 11.4. The molecule has 0 aliphatic carbocycles. The summed E-state index contributed by atoms with van der Waals surface area (Å²) in [6.45, 7) is -0.373. The van der Waals surface area contributed by atoms with E-state index in [2.05, 4.69) is 20.6 Å². The Morgan fingerprint density at radius 3 is 2.56 bits per heavy atom. The van der Waals surface area contributed by atoms with Crippen LogP contribution in [0.25, 0.3) is 10.9 Å². The zero-order chi connectivity index (χ0) is 23.1. The Balaban J connectivity index is 1.96. The number of rotatable bonds is 10. The van der Waals surface area contributed by atoms with E-state index in [9.17, 15) is 13.6 Å². The summed E-state index contributed by atoms with van der Waals surface area (Å²) in [6.07, 6.45) is 1.28. The fourth-order valence-electron chi connectivity index (χ4n) is 2.70. The number of nitrogens with one attached hydrogen (secondary N) is 2. The lowest BCUT2D eigenvalue weighted by atomic mass is 10.1. The number of fused-ring (bicyclic) bond motifs is 1. The maximum Gasteiger partial charge on any atom is 0.239 e. The van der Waals surface area contributed by atoms with Gasteiger partial charge >= 0.3 is 0 Å². The molecule has 170 valence electrons. The van der Waals surface area contributed by atoms with Gasteiger partial charge in [-0.15, -0.1) is 11.6 Å². The number of alkyl halides is 2. The van der Waals surface area contributed by atoms with E-state index in [1.165, 1.54) is 12.4 Å². The smallest absolute Gasteiger partial charge is 0.239 e. The van der Waals surface area contributed by atoms with Crippen molar-refractivity contribution in [1.82, 2.24) is 9.97 Å². The molecule has 0 saturated carbocycles. The Labute approximate surface area is 197 Å². The number of hydrogen-bond acceptors (Lipinski definition) is 6. The third kappa shape index (κ3) is 6.07. The van der Waals surface area contributed by atoms with Crippen LogP contribution in [0.1, 0.15) is 0 Å². The number of benzene rings is 2. The van der Waals surface area contributed by atoms with Crippen molar-refractivity contribution in [2.75, 3.05) is 43.0 Å². The summed E-state index contributed by atoms with van der Waals surface area (Å²) in [4.78, 5) is 20.3. The minimum Gasteiger partial charge on any atom is -0.489 e. The summed E-state index contributed by atoms with van der Waals surface area (Å²) in [5.74, 6) is -0.819. The Bertz CT molecular complexity index is 1120. The van der Waals surface area contributed by atoms with Gasteiger partial charge in [-0.3, -0.25) is 4.79 Å². The second-order valence-electron chi connectivity index (χ2n) is 6.29. The summed E-state index contributed by atoms with van der Waals surface area (Å²) >= 11 is 17.4. The predicted octanol–water partition coefficient (Wildman–Crippen LogP) is 5.36. The van der Waals surface area contributed by atoms with E-state index >= 15 is 0 Å². The van der Waals surface area contributed by atoms with Gasteiger partial charge in [0.1, 0.15) is 42.9 Å². The third-order valence-corrected chi connectivity index (χ3v) is 5.07. The first-order valence-electron chi connectivity index (χ1n) is 9.25. The zero-order valence-electron chi connectivity index (χ0n) is 16.4. The third-order valence-electron chi connectivity index (χ3n) is 4.10. The van der Waals surface area contributed by atoms with E-state index in [0.29, 0.717) is 22.3 Å². The summed E-state index contributed by atoms with van der Waals surface area (Å²) < 4.78 is 37.2. The molecule has 0 atom stereocenters. The van der Waals surface area contributed by atoms with Crippen molar-refractivity contribution >= 4 is 68.8 Å². The average Bonchev–Trinajstić information content (AvgIpc) is 2.77. The van der Waals surface area contributed by atoms with Crippen molar-refractivity contribution in [3.8, 4) is 5.75 Å². The Hall–Kier alpha value is -2.46. The highest BCUT2D eigenvalue weighted by Gasteiger charge is 2.15. The molecule has 7 nitrogen and oxygen atoms in total. The summed E-state index contributed by atoms with van der Waals surface area (Å²) in [5, 5.41) is 6.19. The lowest BCUT2D eigenvalue weighted by Gasteiger charge is -2.15. The quantitative estimate of drug-likeness (QED) is 0.219. The number of hydrogen-bond donors (Lipinski definition) is 2. The monoisotopic (exact) mass is 504 g/mol. The minimum atomic E-state index is -0.630. The van der Waals surface area contributed by atoms with E-state index in [-0.39, 0.29) is 47.3 Å². The highest BCUT2D eigenvalue weighted by atomic mass is 35.5. The molecule has 0 aliphatic heterocycles. The second-order valence-corrected chi connectivity index (χ2v) is 7.37. The van der Waals surface area contributed by atoms with Crippen LogP contribution in [0.3, 0.4) is 0 Å². The van der Waals surface area contributed by atoms with Gasteiger partial charge in [0, 0.05) is 11.5 Å². The highest BCUT2D eigenvalue weighted by molar-refractivity contribution is 6.42. The molecule has 1 aromatic heterocycles. The van der Waals surface area contributed by atoms with Crippen LogP contribution < -0.4 is 15.4 Å². The van der Waals surface area contributed by atoms with Gasteiger partial charge in [0.25, 0.3) is 0 Å². The van der Waals surface area contributed by atoms with Gasteiger partial charge in [0.2, 0.25) is 5.91 Å².